The average molecular weight is 223 g/mol. The number of hydrogen-bond acceptors (Lipinski definition) is 1. The van der Waals surface area contributed by atoms with E-state index in [4.69, 9.17) is 4.74 Å². The molecule has 0 unspecified atom stereocenters. The zero-order chi connectivity index (χ0) is 7.40. The summed E-state index contributed by atoms with van der Waals surface area (Å²) in [5.41, 5.74) is 1.40. The van der Waals surface area contributed by atoms with Crippen molar-refractivity contribution in [3.63, 3.8) is 0 Å². The van der Waals surface area contributed by atoms with Gasteiger partial charge in [-0.25, -0.2) is 0 Å². The van der Waals surface area contributed by atoms with Crippen LogP contribution in [0, 0.1) is 0 Å². The van der Waals surface area contributed by atoms with Crippen LogP contribution in [-0.2, 0) is 23.3 Å². The zero-order valence-corrected chi connectivity index (χ0v) is 10.3. The van der Waals surface area contributed by atoms with Gasteiger partial charge >= 0.3 is 70.7 Å². The summed E-state index contributed by atoms with van der Waals surface area (Å²) < 4.78 is 5.02. The minimum atomic E-state index is 0. The van der Waals surface area contributed by atoms with E-state index in [1.807, 2.05) is 12.1 Å². The van der Waals surface area contributed by atoms with Gasteiger partial charge in [-0.2, -0.15) is 0 Å². The molecule has 0 aliphatic heterocycles. The number of rotatable bonds is 2. The molecular formula is C8H10ClOZn. The number of ether oxygens (including phenoxy) is 1. The molecule has 0 fully saturated rings. The molecule has 0 radical (unpaired) electrons. The van der Waals surface area contributed by atoms with Gasteiger partial charge in [0.25, 0.3) is 0 Å². The quantitative estimate of drug-likeness (QED) is 0.698. The Bertz CT molecular complexity index is 175. The van der Waals surface area contributed by atoms with Crippen LogP contribution in [0.3, 0.4) is 0 Å². The summed E-state index contributed by atoms with van der Waals surface area (Å²) >= 11 is 1.33. The molecule has 0 aromatic heterocycles. The van der Waals surface area contributed by atoms with Gasteiger partial charge in [-0.1, -0.05) is 0 Å². The van der Waals surface area contributed by atoms with E-state index in [1.54, 1.807) is 7.11 Å². The van der Waals surface area contributed by atoms with Crippen LogP contribution < -0.4 is 4.74 Å². The van der Waals surface area contributed by atoms with E-state index in [0.717, 1.165) is 5.75 Å². The maximum absolute atomic E-state index is 5.02. The molecule has 0 bridgehead atoms. The van der Waals surface area contributed by atoms with Crippen molar-refractivity contribution < 1.29 is 23.0 Å². The first-order chi connectivity index (χ1) is 4.86. The third-order valence-corrected chi connectivity index (χ3v) is 2.66. The van der Waals surface area contributed by atoms with Crippen molar-refractivity contribution in [2.75, 3.05) is 7.11 Å². The minimum absolute atomic E-state index is 0. The second kappa shape index (κ2) is 5.57. The van der Waals surface area contributed by atoms with Gasteiger partial charge in [-0.3, -0.25) is 0 Å². The third kappa shape index (κ3) is 3.22. The number of benzene rings is 1. The van der Waals surface area contributed by atoms with Gasteiger partial charge in [-0.05, 0) is 0 Å². The molecular weight excluding hydrogens is 213 g/mol. The van der Waals surface area contributed by atoms with Crippen LogP contribution in [0.15, 0.2) is 24.3 Å². The average Bonchev–Trinajstić information content (AvgIpc) is 2.05. The summed E-state index contributed by atoms with van der Waals surface area (Å²) in [4.78, 5) is 0. The van der Waals surface area contributed by atoms with Crippen LogP contribution in [0.4, 0.5) is 0 Å². The summed E-state index contributed by atoms with van der Waals surface area (Å²) in [5, 5.41) is 1.21. The van der Waals surface area contributed by atoms with Crippen molar-refractivity contribution in [2.45, 2.75) is 5.02 Å². The fourth-order valence-corrected chi connectivity index (χ4v) is 1.49. The van der Waals surface area contributed by atoms with Gasteiger partial charge in [0, 0.05) is 0 Å². The van der Waals surface area contributed by atoms with Crippen LogP contribution >= 0.6 is 12.4 Å². The molecule has 1 nitrogen and oxygen atoms in total. The van der Waals surface area contributed by atoms with E-state index in [2.05, 4.69) is 12.1 Å². The fraction of sp³-hybridized carbons (Fsp3) is 0.250. The Morgan fingerprint density at radius 3 is 2.18 bits per heavy atom. The maximum atomic E-state index is 5.02. The SMILES string of the molecule is COc1ccc([CH2][Zn])cc1.Cl. The zero-order valence-electron chi connectivity index (χ0n) is 6.54. The molecule has 1 rings (SSSR count). The topological polar surface area (TPSA) is 9.23 Å². The van der Waals surface area contributed by atoms with E-state index in [9.17, 15) is 0 Å². The second-order valence-electron chi connectivity index (χ2n) is 2.10. The Morgan fingerprint density at radius 1 is 1.27 bits per heavy atom. The van der Waals surface area contributed by atoms with E-state index in [-0.39, 0.29) is 12.4 Å². The first-order valence-electron chi connectivity index (χ1n) is 3.29. The Hall–Kier alpha value is -0.0666. The number of halogens is 1. The molecule has 0 atom stereocenters. The summed E-state index contributed by atoms with van der Waals surface area (Å²) in [6.07, 6.45) is 0. The van der Waals surface area contributed by atoms with Crippen LogP contribution in [-0.4, -0.2) is 7.11 Å². The molecule has 11 heavy (non-hydrogen) atoms. The summed E-state index contributed by atoms with van der Waals surface area (Å²) in [7, 11) is 1.69. The number of hydrogen-bond donors (Lipinski definition) is 0. The molecule has 0 saturated heterocycles. The minimum Gasteiger partial charge on any atom is -0.147 e. The van der Waals surface area contributed by atoms with Gasteiger partial charge in [0.15, 0.2) is 0 Å². The number of methoxy groups -OCH3 is 1. The molecule has 57 valence electrons. The molecule has 0 amide bonds. The second-order valence-corrected chi connectivity index (χ2v) is 3.15. The Morgan fingerprint density at radius 2 is 1.82 bits per heavy atom. The first kappa shape index (κ1) is 10.9. The van der Waals surface area contributed by atoms with Crippen LogP contribution in [0.5, 0.6) is 5.75 Å². The maximum Gasteiger partial charge on any atom is -0.147 e. The molecule has 0 N–H and O–H groups in total. The summed E-state index contributed by atoms with van der Waals surface area (Å²) in [6, 6.07) is 8.24. The monoisotopic (exact) mass is 221 g/mol. The summed E-state index contributed by atoms with van der Waals surface area (Å²) in [5.74, 6) is 0.942. The van der Waals surface area contributed by atoms with Gasteiger partial charge in [0.1, 0.15) is 0 Å². The van der Waals surface area contributed by atoms with Gasteiger partial charge in [-0.15, -0.1) is 12.4 Å². The van der Waals surface area contributed by atoms with Gasteiger partial charge in [0.2, 0.25) is 0 Å². The van der Waals surface area contributed by atoms with E-state index < -0.39 is 0 Å². The van der Waals surface area contributed by atoms with Crippen molar-refractivity contribution in [3.05, 3.63) is 29.8 Å². The van der Waals surface area contributed by atoms with E-state index in [1.165, 1.54) is 28.9 Å². The van der Waals surface area contributed by atoms with Crippen molar-refractivity contribution in [2.24, 2.45) is 0 Å². The molecule has 0 heterocycles. The van der Waals surface area contributed by atoms with E-state index in [0.29, 0.717) is 0 Å². The van der Waals surface area contributed by atoms with Crippen LogP contribution in [0.1, 0.15) is 5.56 Å². The van der Waals surface area contributed by atoms with Crippen molar-refractivity contribution in [1.29, 1.82) is 0 Å². The van der Waals surface area contributed by atoms with Crippen molar-refractivity contribution >= 4 is 12.4 Å². The van der Waals surface area contributed by atoms with Crippen molar-refractivity contribution in [1.82, 2.24) is 0 Å². The summed E-state index contributed by atoms with van der Waals surface area (Å²) in [6.45, 7) is 0. The van der Waals surface area contributed by atoms with Gasteiger partial charge in [0.05, 0.1) is 0 Å². The largest absolute Gasteiger partial charge is 0.147 e. The Labute approximate surface area is 83.2 Å². The molecule has 1 aromatic rings. The standard InChI is InChI=1S/C8H9O.ClH.Zn/c1-7-3-5-8(9-2)6-4-7;;/h3-6H,1H2,2H3;1H;. The Kier molecular flexibility index (Phi) is 5.53. The first-order valence-corrected chi connectivity index (χ1v) is 5.39. The molecule has 0 saturated carbocycles. The Balaban J connectivity index is 0.000001000. The third-order valence-electron chi connectivity index (χ3n) is 1.45. The van der Waals surface area contributed by atoms with Crippen LogP contribution in [0.25, 0.3) is 0 Å². The normalized spacial score (nSPS) is 8.64. The molecule has 3 heteroatoms. The van der Waals surface area contributed by atoms with Gasteiger partial charge < -0.3 is 0 Å². The molecule has 0 spiro atoms. The fourth-order valence-electron chi connectivity index (χ4n) is 0.792. The smallest absolute Gasteiger partial charge is 0.147 e. The van der Waals surface area contributed by atoms with E-state index >= 15 is 0 Å². The predicted octanol–water partition coefficient (Wildman–Crippen LogP) is 2.16. The molecule has 0 aliphatic rings. The van der Waals surface area contributed by atoms with Crippen molar-refractivity contribution in [3.8, 4) is 5.75 Å². The molecule has 1 aromatic carbocycles. The predicted molar refractivity (Wildman–Crippen MR) is 43.9 cm³/mol. The van der Waals surface area contributed by atoms with Crippen LogP contribution in [0.2, 0.25) is 0 Å². The molecule has 0 aliphatic carbocycles.